The average Bonchev–Trinajstić information content (AvgIpc) is 2.73. The monoisotopic (exact) mass is 499 g/mol. The molecule has 1 aromatic carbocycles. The third-order valence-electron chi connectivity index (χ3n) is 6.30. The van der Waals surface area contributed by atoms with Crippen LogP contribution in [0.5, 0.6) is 0 Å². The van der Waals surface area contributed by atoms with Gasteiger partial charge < -0.3 is 15.5 Å². The van der Waals surface area contributed by atoms with E-state index in [2.05, 4.69) is 62.8 Å². The Morgan fingerprint density at radius 2 is 1.68 bits per heavy atom. The summed E-state index contributed by atoms with van der Waals surface area (Å²) in [5.74, 6) is 0.932. The highest BCUT2D eigenvalue weighted by molar-refractivity contribution is 14.0. The van der Waals surface area contributed by atoms with Crippen molar-refractivity contribution in [1.82, 2.24) is 20.4 Å². The van der Waals surface area contributed by atoms with Crippen LogP contribution < -0.4 is 10.6 Å². The molecule has 2 aliphatic heterocycles. The fourth-order valence-corrected chi connectivity index (χ4v) is 4.45. The highest BCUT2D eigenvalue weighted by Gasteiger charge is 2.39. The Balaban J connectivity index is 0.00000280. The molecule has 2 N–H and O–H groups in total. The first-order valence-electron chi connectivity index (χ1n) is 10.6. The molecule has 2 heterocycles. The largest absolute Gasteiger partial charge is 0.356 e. The zero-order chi connectivity index (χ0) is 19.0. The van der Waals surface area contributed by atoms with Gasteiger partial charge in [0, 0.05) is 25.7 Å². The summed E-state index contributed by atoms with van der Waals surface area (Å²) in [5.41, 5.74) is 1.64. The topological polar surface area (TPSA) is 42.9 Å². The van der Waals surface area contributed by atoms with Gasteiger partial charge >= 0.3 is 0 Å². The Labute approximate surface area is 188 Å². The number of aliphatic imine (C=N–C) groups is 1. The molecule has 0 spiro atoms. The van der Waals surface area contributed by atoms with Crippen molar-refractivity contribution in [2.75, 3.05) is 53.4 Å². The van der Waals surface area contributed by atoms with Gasteiger partial charge in [0.05, 0.1) is 0 Å². The number of hydrogen-bond donors (Lipinski definition) is 2. The van der Waals surface area contributed by atoms with E-state index in [4.69, 9.17) is 0 Å². The molecule has 158 valence electrons. The van der Waals surface area contributed by atoms with Crippen LogP contribution in [-0.2, 0) is 6.42 Å². The molecule has 1 aromatic rings. The summed E-state index contributed by atoms with van der Waals surface area (Å²) in [7, 11) is 4.12. The van der Waals surface area contributed by atoms with Crippen LogP contribution in [0.25, 0.3) is 0 Å². The predicted molar refractivity (Wildman–Crippen MR) is 130 cm³/mol. The number of piperidine rings is 2. The molecule has 0 saturated carbocycles. The van der Waals surface area contributed by atoms with Gasteiger partial charge in [0.15, 0.2) is 5.96 Å². The van der Waals surface area contributed by atoms with E-state index in [9.17, 15) is 0 Å². The van der Waals surface area contributed by atoms with Crippen molar-refractivity contribution in [1.29, 1.82) is 0 Å². The van der Waals surface area contributed by atoms with Gasteiger partial charge in [-0.2, -0.15) is 0 Å². The predicted octanol–water partition coefficient (Wildman–Crippen LogP) is 2.96. The number of halogens is 1. The molecule has 3 rings (SSSR count). The number of rotatable bonds is 6. The molecule has 2 fully saturated rings. The molecule has 0 unspecified atom stereocenters. The zero-order valence-corrected chi connectivity index (χ0v) is 20.0. The second kappa shape index (κ2) is 12.0. The second-order valence-corrected chi connectivity index (χ2v) is 8.16. The molecule has 6 heteroatoms. The van der Waals surface area contributed by atoms with Gasteiger partial charge in [-0.05, 0) is 70.9 Å². The Morgan fingerprint density at radius 1 is 1.00 bits per heavy atom. The Kier molecular flexibility index (Phi) is 10.0. The number of likely N-dealkylation sites (tertiary alicyclic amines) is 2. The lowest BCUT2D eigenvalue weighted by Crippen LogP contribution is -2.62. The SMILES string of the molecule is CN=C(NCCc1ccccc1)NCC1(N2CCCCC2)CCN(C)CC1.I. The summed E-state index contributed by atoms with van der Waals surface area (Å²) < 4.78 is 0. The first-order valence-corrected chi connectivity index (χ1v) is 10.6. The Hall–Kier alpha value is -0.860. The minimum absolute atomic E-state index is 0. The first kappa shape index (κ1) is 23.4. The van der Waals surface area contributed by atoms with E-state index >= 15 is 0 Å². The molecule has 2 saturated heterocycles. The van der Waals surface area contributed by atoms with E-state index in [1.54, 1.807) is 0 Å². The van der Waals surface area contributed by atoms with E-state index in [1.807, 2.05) is 7.05 Å². The molecule has 0 aliphatic carbocycles. The van der Waals surface area contributed by atoms with Crippen molar-refractivity contribution in [2.45, 2.75) is 44.1 Å². The van der Waals surface area contributed by atoms with E-state index in [0.29, 0.717) is 0 Å². The number of guanidine groups is 1. The summed E-state index contributed by atoms with van der Waals surface area (Å²) in [4.78, 5) is 9.70. The minimum Gasteiger partial charge on any atom is -0.356 e. The van der Waals surface area contributed by atoms with Crippen molar-refractivity contribution in [3.63, 3.8) is 0 Å². The number of benzene rings is 1. The van der Waals surface area contributed by atoms with Crippen LogP contribution in [0.3, 0.4) is 0 Å². The van der Waals surface area contributed by atoms with E-state index in [0.717, 1.165) is 25.5 Å². The summed E-state index contributed by atoms with van der Waals surface area (Å²) in [6, 6.07) is 10.6. The summed E-state index contributed by atoms with van der Waals surface area (Å²) >= 11 is 0. The lowest BCUT2D eigenvalue weighted by molar-refractivity contribution is 0.0173. The van der Waals surface area contributed by atoms with Gasteiger partial charge in [-0.3, -0.25) is 9.89 Å². The van der Waals surface area contributed by atoms with E-state index < -0.39 is 0 Å². The van der Waals surface area contributed by atoms with Gasteiger partial charge in [0.25, 0.3) is 0 Å². The fraction of sp³-hybridized carbons (Fsp3) is 0.682. The van der Waals surface area contributed by atoms with E-state index in [-0.39, 0.29) is 29.5 Å². The van der Waals surface area contributed by atoms with Crippen molar-refractivity contribution >= 4 is 29.9 Å². The standard InChI is InChI=1S/C22H37N5.HI/c1-23-21(24-14-11-20-9-5-3-6-10-20)25-19-22(12-17-26(2)18-13-22)27-15-7-4-8-16-27;/h3,5-6,9-10H,4,7-8,11-19H2,1-2H3,(H2,23,24,25);1H. The van der Waals surface area contributed by atoms with Crippen molar-refractivity contribution in [2.24, 2.45) is 4.99 Å². The van der Waals surface area contributed by atoms with Crippen molar-refractivity contribution in [3.05, 3.63) is 35.9 Å². The molecule has 0 atom stereocenters. The summed E-state index contributed by atoms with van der Waals surface area (Å²) in [6.45, 7) is 6.79. The van der Waals surface area contributed by atoms with Gasteiger partial charge in [0.2, 0.25) is 0 Å². The summed E-state index contributed by atoms with van der Waals surface area (Å²) in [5, 5.41) is 7.15. The second-order valence-electron chi connectivity index (χ2n) is 8.16. The Bertz CT molecular complexity index is 578. The lowest BCUT2D eigenvalue weighted by Gasteiger charge is -2.50. The minimum atomic E-state index is 0. The molecular weight excluding hydrogens is 461 g/mol. The molecular formula is C22H38IN5. The third kappa shape index (κ3) is 6.59. The molecule has 0 aromatic heterocycles. The zero-order valence-electron chi connectivity index (χ0n) is 17.6. The maximum atomic E-state index is 4.46. The quantitative estimate of drug-likeness (QED) is 0.359. The fourth-order valence-electron chi connectivity index (χ4n) is 4.45. The molecule has 0 amide bonds. The molecule has 0 bridgehead atoms. The maximum absolute atomic E-state index is 4.46. The number of hydrogen-bond acceptors (Lipinski definition) is 3. The Morgan fingerprint density at radius 3 is 2.32 bits per heavy atom. The van der Waals surface area contributed by atoms with Gasteiger partial charge in [0.1, 0.15) is 0 Å². The van der Waals surface area contributed by atoms with Gasteiger partial charge in [-0.25, -0.2) is 0 Å². The summed E-state index contributed by atoms with van der Waals surface area (Å²) in [6.07, 6.45) is 7.60. The highest BCUT2D eigenvalue weighted by Crippen LogP contribution is 2.30. The van der Waals surface area contributed by atoms with Crippen LogP contribution in [0.1, 0.15) is 37.7 Å². The lowest BCUT2D eigenvalue weighted by atomic mass is 9.84. The molecule has 2 aliphatic rings. The molecule has 5 nitrogen and oxygen atoms in total. The van der Waals surface area contributed by atoms with Crippen LogP contribution >= 0.6 is 24.0 Å². The van der Waals surface area contributed by atoms with Crippen LogP contribution in [-0.4, -0.2) is 74.7 Å². The van der Waals surface area contributed by atoms with Crippen LogP contribution in [0.15, 0.2) is 35.3 Å². The van der Waals surface area contributed by atoms with Crippen LogP contribution in [0.4, 0.5) is 0 Å². The van der Waals surface area contributed by atoms with Crippen LogP contribution in [0, 0.1) is 0 Å². The normalized spacial score (nSPS) is 21.0. The third-order valence-corrected chi connectivity index (χ3v) is 6.30. The van der Waals surface area contributed by atoms with E-state index in [1.165, 1.54) is 63.8 Å². The number of nitrogens with one attached hydrogen (secondary N) is 2. The first-order chi connectivity index (χ1) is 13.2. The van der Waals surface area contributed by atoms with Crippen LogP contribution in [0.2, 0.25) is 0 Å². The van der Waals surface area contributed by atoms with Crippen molar-refractivity contribution < 1.29 is 0 Å². The average molecular weight is 499 g/mol. The molecule has 0 radical (unpaired) electrons. The highest BCUT2D eigenvalue weighted by atomic mass is 127. The maximum Gasteiger partial charge on any atom is 0.191 e. The van der Waals surface area contributed by atoms with Gasteiger partial charge in [-0.15, -0.1) is 24.0 Å². The van der Waals surface area contributed by atoms with Crippen molar-refractivity contribution in [3.8, 4) is 0 Å². The smallest absolute Gasteiger partial charge is 0.191 e. The van der Waals surface area contributed by atoms with Gasteiger partial charge in [-0.1, -0.05) is 36.8 Å². The molecule has 28 heavy (non-hydrogen) atoms. The number of nitrogens with zero attached hydrogens (tertiary/aromatic N) is 3.